The van der Waals surface area contributed by atoms with Gasteiger partial charge in [-0.3, -0.25) is 0 Å². The van der Waals surface area contributed by atoms with Crippen molar-refractivity contribution in [2.24, 2.45) is 0 Å². The van der Waals surface area contributed by atoms with Gasteiger partial charge in [0.1, 0.15) is 6.10 Å². The number of ether oxygens (including phenoxy) is 1. The lowest BCUT2D eigenvalue weighted by molar-refractivity contribution is -0.0635. The highest BCUT2D eigenvalue weighted by atomic mass is 16.5. The molecule has 1 aliphatic heterocycles. The van der Waals surface area contributed by atoms with Crippen molar-refractivity contribution in [3.05, 3.63) is 34.9 Å². The lowest BCUT2D eigenvalue weighted by Gasteiger charge is -2.28. The van der Waals surface area contributed by atoms with Crippen molar-refractivity contribution < 1.29 is 9.84 Å². The van der Waals surface area contributed by atoms with E-state index < -0.39 is 6.10 Å². The molecule has 0 aliphatic carbocycles. The van der Waals surface area contributed by atoms with Crippen LogP contribution in [-0.2, 0) is 4.74 Å². The maximum Gasteiger partial charge on any atom is 0.105 e. The van der Waals surface area contributed by atoms with E-state index in [9.17, 15) is 5.11 Å². The molecule has 1 aromatic rings. The topological polar surface area (TPSA) is 29.5 Å². The van der Waals surface area contributed by atoms with Crippen molar-refractivity contribution in [1.82, 2.24) is 0 Å². The Kier molecular flexibility index (Phi) is 3.62. The summed E-state index contributed by atoms with van der Waals surface area (Å²) in [7, 11) is 0. The molecule has 2 heteroatoms. The van der Waals surface area contributed by atoms with Gasteiger partial charge in [0.15, 0.2) is 0 Å². The number of hydrogen-bond acceptors (Lipinski definition) is 2. The third kappa shape index (κ3) is 2.45. The highest BCUT2D eigenvalue weighted by Crippen LogP contribution is 2.28. The van der Waals surface area contributed by atoms with Crippen LogP contribution in [0.4, 0.5) is 0 Å². The van der Waals surface area contributed by atoms with Crippen molar-refractivity contribution in [1.29, 1.82) is 0 Å². The largest absolute Gasteiger partial charge is 0.386 e. The van der Waals surface area contributed by atoms with Gasteiger partial charge in [0.05, 0.1) is 6.10 Å². The standard InChI is InChI=1S/C14H20O2/c1-10-6-7-11(2)12(9-10)14(15)13-5-3-4-8-16-13/h6-7,9,13-15H,3-5,8H2,1-2H3. The second-order valence-electron chi connectivity index (χ2n) is 4.71. The van der Waals surface area contributed by atoms with E-state index in [0.717, 1.165) is 37.0 Å². The maximum atomic E-state index is 10.3. The number of aryl methyl sites for hydroxylation is 2. The molecular weight excluding hydrogens is 200 g/mol. The van der Waals surface area contributed by atoms with E-state index in [-0.39, 0.29) is 6.10 Å². The third-order valence-electron chi connectivity index (χ3n) is 3.32. The van der Waals surface area contributed by atoms with Gasteiger partial charge in [-0.25, -0.2) is 0 Å². The quantitative estimate of drug-likeness (QED) is 0.830. The minimum Gasteiger partial charge on any atom is -0.386 e. The predicted octanol–water partition coefficient (Wildman–Crippen LogP) is 2.91. The third-order valence-corrected chi connectivity index (χ3v) is 3.32. The number of aliphatic hydroxyl groups is 1. The molecule has 1 heterocycles. The molecule has 0 radical (unpaired) electrons. The summed E-state index contributed by atoms with van der Waals surface area (Å²) < 4.78 is 5.64. The Hall–Kier alpha value is -0.860. The maximum absolute atomic E-state index is 10.3. The van der Waals surface area contributed by atoms with Gasteiger partial charge in [0.2, 0.25) is 0 Å². The van der Waals surface area contributed by atoms with E-state index in [1.807, 2.05) is 6.92 Å². The molecule has 0 bridgehead atoms. The summed E-state index contributed by atoms with van der Waals surface area (Å²) in [5.74, 6) is 0. The van der Waals surface area contributed by atoms with Crippen LogP contribution < -0.4 is 0 Å². The summed E-state index contributed by atoms with van der Waals surface area (Å²) in [6, 6.07) is 6.21. The molecule has 16 heavy (non-hydrogen) atoms. The number of rotatable bonds is 2. The molecule has 2 rings (SSSR count). The Labute approximate surface area is 97.3 Å². The molecule has 2 nitrogen and oxygen atoms in total. The van der Waals surface area contributed by atoms with E-state index >= 15 is 0 Å². The van der Waals surface area contributed by atoms with Crippen LogP contribution in [0.15, 0.2) is 18.2 Å². The van der Waals surface area contributed by atoms with E-state index in [2.05, 4.69) is 25.1 Å². The van der Waals surface area contributed by atoms with Crippen LogP contribution in [0, 0.1) is 13.8 Å². The summed E-state index contributed by atoms with van der Waals surface area (Å²) in [5, 5.41) is 10.3. The summed E-state index contributed by atoms with van der Waals surface area (Å²) in [5.41, 5.74) is 3.36. The molecule has 2 unspecified atom stereocenters. The van der Waals surface area contributed by atoms with E-state index in [0.29, 0.717) is 0 Å². The van der Waals surface area contributed by atoms with Gasteiger partial charge >= 0.3 is 0 Å². The van der Waals surface area contributed by atoms with Crippen LogP contribution in [0.5, 0.6) is 0 Å². The summed E-state index contributed by atoms with van der Waals surface area (Å²) in [4.78, 5) is 0. The molecule has 0 aromatic heterocycles. The normalized spacial score (nSPS) is 23.1. The molecule has 1 N–H and O–H groups in total. The summed E-state index contributed by atoms with van der Waals surface area (Å²) >= 11 is 0. The fraction of sp³-hybridized carbons (Fsp3) is 0.571. The van der Waals surface area contributed by atoms with Gasteiger partial charge in [0.25, 0.3) is 0 Å². The first-order valence-electron chi connectivity index (χ1n) is 6.05. The smallest absolute Gasteiger partial charge is 0.105 e. The fourth-order valence-corrected chi connectivity index (χ4v) is 2.29. The molecule has 1 fully saturated rings. The van der Waals surface area contributed by atoms with Gasteiger partial charge < -0.3 is 9.84 Å². The van der Waals surface area contributed by atoms with Gasteiger partial charge in [0, 0.05) is 6.61 Å². The molecule has 1 aliphatic rings. The van der Waals surface area contributed by atoms with Crippen molar-refractivity contribution in [3.8, 4) is 0 Å². The zero-order chi connectivity index (χ0) is 11.5. The average molecular weight is 220 g/mol. The predicted molar refractivity (Wildman–Crippen MR) is 64.5 cm³/mol. The Morgan fingerprint density at radius 1 is 1.31 bits per heavy atom. The Balaban J connectivity index is 2.18. The molecule has 1 saturated heterocycles. The SMILES string of the molecule is Cc1ccc(C)c(C(O)C2CCCCO2)c1. The first-order chi connectivity index (χ1) is 7.68. The van der Waals surface area contributed by atoms with Crippen molar-refractivity contribution in [2.75, 3.05) is 6.61 Å². The minimum absolute atomic E-state index is 0.0192. The van der Waals surface area contributed by atoms with E-state index in [1.165, 1.54) is 5.56 Å². The first kappa shape index (κ1) is 11.6. The van der Waals surface area contributed by atoms with Crippen LogP contribution in [0.1, 0.15) is 42.1 Å². The van der Waals surface area contributed by atoms with Crippen LogP contribution in [0.2, 0.25) is 0 Å². The lowest BCUT2D eigenvalue weighted by Crippen LogP contribution is -2.26. The average Bonchev–Trinajstić information content (AvgIpc) is 2.32. The van der Waals surface area contributed by atoms with Crippen LogP contribution in [0.25, 0.3) is 0 Å². The first-order valence-corrected chi connectivity index (χ1v) is 6.05. The second-order valence-corrected chi connectivity index (χ2v) is 4.71. The van der Waals surface area contributed by atoms with E-state index in [1.54, 1.807) is 0 Å². The van der Waals surface area contributed by atoms with Gasteiger partial charge in [-0.15, -0.1) is 0 Å². The molecule has 1 aromatic carbocycles. The molecule has 0 spiro atoms. The van der Waals surface area contributed by atoms with Crippen LogP contribution in [0.3, 0.4) is 0 Å². The summed E-state index contributed by atoms with van der Waals surface area (Å²) in [6.45, 7) is 4.88. The number of aliphatic hydroxyl groups excluding tert-OH is 1. The fourth-order valence-electron chi connectivity index (χ4n) is 2.29. The lowest BCUT2D eigenvalue weighted by atomic mass is 9.94. The Bertz CT molecular complexity index is 354. The Morgan fingerprint density at radius 2 is 2.12 bits per heavy atom. The van der Waals surface area contributed by atoms with Crippen molar-refractivity contribution in [3.63, 3.8) is 0 Å². The second kappa shape index (κ2) is 4.98. The van der Waals surface area contributed by atoms with E-state index in [4.69, 9.17) is 4.74 Å². The van der Waals surface area contributed by atoms with Gasteiger partial charge in [-0.2, -0.15) is 0 Å². The number of benzene rings is 1. The molecule has 2 atom stereocenters. The van der Waals surface area contributed by atoms with Crippen molar-refractivity contribution in [2.45, 2.75) is 45.3 Å². The van der Waals surface area contributed by atoms with Gasteiger partial charge in [-0.1, -0.05) is 23.8 Å². The highest BCUT2D eigenvalue weighted by molar-refractivity contribution is 5.32. The van der Waals surface area contributed by atoms with Gasteiger partial charge in [-0.05, 0) is 44.2 Å². The summed E-state index contributed by atoms with van der Waals surface area (Å²) in [6.07, 6.45) is 2.76. The van der Waals surface area contributed by atoms with Crippen molar-refractivity contribution >= 4 is 0 Å². The molecular formula is C14H20O2. The molecule has 0 saturated carbocycles. The zero-order valence-corrected chi connectivity index (χ0v) is 10.1. The minimum atomic E-state index is -0.472. The Morgan fingerprint density at radius 3 is 2.81 bits per heavy atom. The number of hydrogen-bond donors (Lipinski definition) is 1. The zero-order valence-electron chi connectivity index (χ0n) is 10.1. The highest BCUT2D eigenvalue weighted by Gasteiger charge is 2.24. The van der Waals surface area contributed by atoms with Crippen LogP contribution >= 0.6 is 0 Å². The molecule has 88 valence electrons. The van der Waals surface area contributed by atoms with Crippen LogP contribution in [-0.4, -0.2) is 17.8 Å². The molecule has 0 amide bonds. The monoisotopic (exact) mass is 220 g/mol.